The van der Waals surface area contributed by atoms with Crippen LogP contribution in [0.25, 0.3) is 10.6 Å². The summed E-state index contributed by atoms with van der Waals surface area (Å²) < 4.78 is 25.8. The number of aryl methyl sites for hydroxylation is 1. The third-order valence-corrected chi connectivity index (χ3v) is 6.71. The van der Waals surface area contributed by atoms with Gasteiger partial charge in [-0.15, -0.1) is 10.2 Å². The molecule has 0 aliphatic heterocycles. The highest BCUT2D eigenvalue weighted by atomic mass is 32.2. The molecule has 31 heavy (non-hydrogen) atoms. The minimum absolute atomic E-state index is 0.0567. The van der Waals surface area contributed by atoms with Gasteiger partial charge in [0.2, 0.25) is 21.1 Å². The van der Waals surface area contributed by atoms with Gasteiger partial charge in [0.1, 0.15) is 11.6 Å². The summed E-state index contributed by atoms with van der Waals surface area (Å²) in [5, 5.41) is 11.8. The van der Waals surface area contributed by atoms with Crippen molar-refractivity contribution in [3.8, 4) is 10.6 Å². The lowest BCUT2D eigenvalue weighted by molar-refractivity contribution is -0.114. The van der Waals surface area contributed by atoms with Crippen molar-refractivity contribution in [3.05, 3.63) is 59.7 Å². The predicted octanol–water partition coefficient (Wildman–Crippen LogP) is 4.22. The highest BCUT2D eigenvalue weighted by Gasteiger charge is 2.22. The number of nitrogens with zero attached hydrogens (tertiary/aromatic N) is 3. The summed E-state index contributed by atoms with van der Waals surface area (Å²) in [5.41, 5.74) is 3.49. The molecule has 3 rings (SSSR count). The maximum atomic E-state index is 12.6. The van der Waals surface area contributed by atoms with E-state index in [1.54, 1.807) is 12.1 Å². The molecule has 1 aromatic heterocycles. The van der Waals surface area contributed by atoms with Crippen LogP contribution in [0, 0.1) is 6.92 Å². The first-order valence-electron chi connectivity index (χ1n) is 9.72. The molecule has 0 fully saturated rings. The fourth-order valence-electron chi connectivity index (χ4n) is 2.90. The number of rotatable bonds is 6. The number of benzene rings is 2. The van der Waals surface area contributed by atoms with E-state index in [4.69, 9.17) is 0 Å². The van der Waals surface area contributed by atoms with Crippen LogP contribution in [0.2, 0.25) is 0 Å². The molecule has 3 aromatic rings. The Morgan fingerprint density at radius 2 is 1.65 bits per heavy atom. The van der Waals surface area contributed by atoms with Crippen LogP contribution in [0.4, 0.5) is 10.8 Å². The molecule has 0 saturated carbocycles. The largest absolute Gasteiger partial charge is 0.299 e. The van der Waals surface area contributed by atoms with Crippen LogP contribution in [0.5, 0.6) is 0 Å². The lowest BCUT2D eigenvalue weighted by Gasteiger charge is -2.24. The van der Waals surface area contributed by atoms with Gasteiger partial charge in [-0.3, -0.25) is 14.4 Å². The van der Waals surface area contributed by atoms with Crippen LogP contribution in [-0.4, -0.2) is 37.3 Å². The molecule has 7 nitrogen and oxygen atoms in total. The Hall–Kier alpha value is -2.78. The second-order valence-electron chi connectivity index (χ2n) is 8.39. The van der Waals surface area contributed by atoms with Gasteiger partial charge in [0.15, 0.2) is 0 Å². The standard InChI is InChI=1S/C22H26N4O3S2/c1-15-6-8-16(9-7-15)20-24-25-21(30-20)23-19(27)14-26(31(5,28)29)18-12-10-17(11-13-18)22(2,3)4/h6-13H,14H2,1-5H3,(H,23,25,27). The summed E-state index contributed by atoms with van der Waals surface area (Å²) in [6.07, 6.45) is 1.08. The summed E-state index contributed by atoms with van der Waals surface area (Å²) in [6, 6.07) is 15.0. The van der Waals surface area contributed by atoms with Crippen molar-refractivity contribution in [3.63, 3.8) is 0 Å². The number of anilines is 2. The monoisotopic (exact) mass is 458 g/mol. The van der Waals surface area contributed by atoms with E-state index >= 15 is 0 Å². The summed E-state index contributed by atoms with van der Waals surface area (Å²) in [6.45, 7) is 7.89. The van der Waals surface area contributed by atoms with Crippen molar-refractivity contribution in [2.24, 2.45) is 0 Å². The van der Waals surface area contributed by atoms with E-state index in [0.717, 1.165) is 27.3 Å². The molecule has 0 spiro atoms. The molecular formula is C22H26N4O3S2. The Kier molecular flexibility index (Phi) is 6.47. The average Bonchev–Trinajstić information content (AvgIpc) is 3.13. The Morgan fingerprint density at radius 3 is 2.19 bits per heavy atom. The molecule has 0 atom stereocenters. The zero-order chi connectivity index (χ0) is 22.8. The third-order valence-electron chi connectivity index (χ3n) is 4.68. The SMILES string of the molecule is Cc1ccc(-c2nnc(NC(=O)CN(c3ccc(C(C)(C)C)cc3)S(C)(=O)=O)s2)cc1. The van der Waals surface area contributed by atoms with Crippen LogP contribution in [-0.2, 0) is 20.2 Å². The molecule has 0 aliphatic rings. The second-order valence-corrected chi connectivity index (χ2v) is 11.3. The number of nitrogens with one attached hydrogen (secondary N) is 1. The average molecular weight is 459 g/mol. The van der Waals surface area contributed by atoms with Gasteiger partial charge in [0.05, 0.1) is 11.9 Å². The summed E-state index contributed by atoms with van der Waals surface area (Å²) in [7, 11) is -3.66. The first-order valence-corrected chi connectivity index (χ1v) is 12.4. The fourth-order valence-corrected chi connectivity index (χ4v) is 4.53. The first-order chi connectivity index (χ1) is 14.4. The number of hydrogen-bond acceptors (Lipinski definition) is 6. The summed E-state index contributed by atoms with van der Waals surface area (Å²) in [5.74, 6) is -0.489. The van der Waals surface area contributed by atoms with E-state index in [1.165, 1.54) is 11.3 Å². The van der Waals surface area contributed by atoms with Crippen molar-refractivity contribution in [1.29, 1.82) is 0 Å². The van der Waals surface area contributed by atoms with Crippen molar-refractivity contribution in [2.75, 3.05) is 22.4 Å². The predicted molar refractivity (Wildman–Crippen MR) is 126 cm³/mol. The molecule has 2 aromatic carbocycles. The Balaban J connectivity index is 1.74. The van der Waals surface area contributed by atoms with Crippen LogP contribution in [0.1, 0.15) is 31.9 Å². The van der Waals surface area contributed by atoms with Gasteiger partial charge < -0.3 is 0 Å². The number of aromatic nitrogens is 2. The Bertz CT molecular complexity index is 1160. The minimum atomic E-state index is -3.66. The van der Waals surface area contributed by atoms with Gasteiger partial charge in [-0.2, -0.15) is 0 Å². The third kappa shape index (κ3) is 5.89. The highest BCUT2D eigenvalue weighted by Crippen LogP contribution is 2.28. The quantitative estimate of drug-likeness (QED) is 0.597. The van der Waals surface area contributed by atoms with Crippen molar-refractivity contribution in [2.45, 2.75) is 33.1 Å². The molecule has 164 valence electrons. The summed E-state index contributed by atoms with van der Waals surface area (Å²) >= 11 is 1.23. The molecule has 0 bridgehead atoms. The lowest BCUT2D eigenvalue weighted by Crippen LogP contribution is -2.37. The molecular weight excluding hydrogens is 432 g/mol. The van der Waals surface area contributed by atoms with E-state index in [1.807, 2.05) is 43.3 Å². The van der Waals surface area contributed by atoms with Crippen LogP contribution in [0.15, 0.2) is 48.5 Å². The molecule has 1 N–H and O–H groups in total. The van der Waals surface area contributed by atoms with Crippen molar-refractivity contribution < 1.29 is 13.2 Å². The molecule has 0 radical (unpaired) electrons. The normalized spacial score (nSPS) is 11.9. The van der Waals surface area contributed by atoms with E-state index in [0.29, 0.717) is 15.8 Å². The second kappa shape index (κ2) is 8.76. The zero-order valence-corrected chi connectivity index (χ0v) is 19.8. The zero-order valence-electron chi connectivity index (χ0n) is 18.2. The molecule has 0 saturated heterocycles. The molecule has 1 heterocycles. The van der Waals surface area contributed by atoms with Gasteiger partial charge in [-0.25, -0.2) is 8.42 Å². The van der Waals surface area contributed by atoms with Crippen LogP contribution >= 0.6 is 11.3 Å². The van der Waals surface area contributed by atoms with Gasteiger partial charge in [-0.1, -0.05) is 74.1 Å². The van der Waals surface area contributed by atoms with Gasteiger partial charge in [0.25, 0.3) is 0 Å². The number of carbonyl (C=O) groups is 1. The Morgan fingerprint density at radius 1 is 1.03 bits per heavy atom. The molecule has 1 amide bonds. The fraction of sp³-hybridized carbons (Fsp3) is 0.318. The van der Waals surface area contributed by atoms with Crippen molar-refractivity contribution >= 4 is 38.1 Å². The smallest absolute Gasteiger partial charge is 0.246 e. The first kappa shape index (κ1) is 22.9. The molecule has 0 unspecified atom stereocenters. The Labute approximate surface area is 187 Å². The van der Waals surface area contributed by atoms with E-state index in [-0.39, 0.29) is 12.0 Å². The van der Waals surface area contributed by atoms with Gasteiger partial charge >= 0.3 is 0 Å². The number of amides is 1. The van der Waals surface area contributed by atoms with Gasteiger partial charge in [-0.05, 0) is 30.0 Å². The van der Waals surface area contributed by atoms with E-state index in [9.17, 15) is 13.2 Å². The summed E-state index contributed by atoms with van der Waals surface area (Å²) in [4.78, 5) is 12.6. The minimum Gasteiger partial charge on any atom is -0.299 e. The maximum Gasteiger partial charge on any atom is 0.246 e. The lowest BCUT2D eigenvalue weighted by atomic mass is 9.87. The topological polar surface area (TPSA) is 92.3 Å². The number of sulfonamides is 1. The van der Waals surface area contributed by atoms with Gasteiger partial charge in [0, 0.05) is 5.56 Å². The number of carbonyl (C=O) groups excluding carboxylic acids is 1. The van der Waals surface area contributed by atoms with E-state index in [2.05, 4.69) is 36.3 Å². The van der Waals surface area contributed by atoms with Crippen molar-refractivity contribution in [1.82, 2.24) is 10.2 Å². The molecule has 0 aliphatic carbocycles. The maximum absolute atomic E-state index is 12.6. The van der Waals surface area contributed by atoms with Crippen LogP contribution in [0.3, 0.4) is 0 Å². The highest BCUT2D eigenvalue weighted by molar-refractivity contribution is 7.92. The number of hydrogen-bond donors (Lipinski definition) is 1. The molecule has 9 heteroatoms. The van der Waals surface area contributed by atoms with Crippen LogP contribution < -0.4 is 9.62 Å². The van der Waals surface area contributed by atoms with E-state index < -0.39 is 15.9 Å².